The van der Waals surface area contributed by atoms with Gasteiger partial charge in [0.2, 0.25) is 0 Å². The van der Waals surface area contributed by atoms with Gasteiger partial charge in [0.15, 0.2) is 0 Å². The van der Waals surface area contributed by atoms with E-state index in [-0.39, 0.29) is 11.3 Å². The van der Waals surface area contributed by atoms with Crippen molar-refractivity contribution in [3.8, 4) is 11.8 Å². The van der Waals surface area contributed by atoms with E-state index in [0.717, 1.165) is 0 Å². The second-order valence-electron chi connectivity index (χ2n) is 4.28. The Hall–Kier alpha value is -2.32. The van der Waals surface area contributed by atoms with Crippen LogP contribution < -0.4 is 5.63 Å². The van der Waals surface area contributed by atoms with E-state index in [0.29, 0.717) is 23.1 Å². The third-order valence-corrected chi connectivity index (χ3v) is 2.58. The molecule has 0 fully saturated rings. The Morgan fingerprint density at radius 2 is 2.17 bits per heavy atom. The highest BCUT2D eigenvalue weighted by molar-refractivity contribution is 5.82. The highest BCUT2D eigenvalue weighted by Gasteiger charge is 2.13. The predicted molar refractivity (Wildman–Crippen MR) is 66.3 cm³/mol. The van der Waals surface area contributed by atoms with Crippen molar-refractivity contribution in [2.24, 2.45) is 0 Å². The van der Waals surface area contributed by atoms with Crippen LogP contribution in [0.4, 0.5) is 0 Å². The van der Waals surface area contributed by atoms with Gasteiger partial charge in [-0.05, 0) is 32.3 Å². The molecule has 0 unspecified atom stereocenters. The number of nitrogens with zero attached hydrogens (tertiary/aromatic N) is 2. The van der Waals surface area contributed by atoms with Gasteiger partial charge in [0.25, 0.3) is 0 Å². The zero-order valence-electron chi connectivity index (χ0n) is 10.1. The Morgan fingerprint density at radius 1 is 1.44 bits per heavy atom. The molecule has 0 aliphatic carbocycles. The maximum Gasteiger partial charge on any atom is 0.354 e. The van der Waals surface area contributed by atoms with Gasteiger partial charge in [0.05, 0.1) is 5.56 Å². The molecule has 0 aliphatic rings. The van der Waals surface area contributed by atoms with Crippen LogP contribution in [0.3, 0.4) is 0 Å². The van der Waals surface area contributed by atoms with Crippen LogP contribution in [0.2, 0.25) is 0 Å². The van der Waals surface area contributed by atoms with Crippen LogP contribution in [0.1, 0.15) is 11.1 Å². The van der Waals surface area contributed by atoms with Crippen molar-refractivity contribution in [1.82, 2.24) is 4.90 Å². The quantitative estimate of drug-likeness (QED) is 0.808. The van der Waals surface area contributed by atoms with E-state index in [2.05, 4.69) is 0 Å². The molecule has 1 heterocycles. The van der Waals surface area contributed by atoms with Crippen LogP contribution in [0.5, 0.6) is 5.75 Å². The van der Waals surface area contributed by atoms with Crippen molar-refractivity contribution in [2.45, 2.75) is 6.54 Å². The summed E-state index contributed by atoms with van der Waals surface area (Å²) in [6, 6.07) is 6.40. The average molecular weight is 244 g/mol. The van der Waals surface area contributed by atoms with Crippen molar-refractivity contribution >= 4 is 11.0 Å². The number of phenolic OH excluding ortho intramolecular Hbond substituents is 1. The highest BCUT2D eigenvalue weighted by atomic mass is 16.4. The van der Waals surface area contributed by atoms with Crippen molar-refractivity contribution in [1.29, 1.82) is 5.26 Å². The first-order valence-electron chi connectivity index (χ1n) is 5.36. The molecule has 18 heavy (non-hydrogen) atoms. The molecule has 0 bridgehead atoms. The Morgan fingerprint density at radius 3 is 2.78 bits per heavy atom. The highest BCUT2D eigenvalue weighted by Crippen LogP contribution is 2.27. The lowest BCUT2D eigenvalue weighted by Gasteiger charge is -2.12. The van der Waals surface area contributed by atoms with E-state index >= 15 is 0 Å². The number of phenols is 1. The number of benzene rings is 1. The molecule has 2 rings (SSSR count). The lowest BCUT2D eigenvalue weighted by molar-refractivity contribution is 0.383. The summed E-state index contributed by atoms with van der Waals surface area (Å²) in [7, 11) is 3.69. The van der Waals surface area contributed by atoms with Gasteiger partial charge >= 0.3 is 5.63 Å². The van der Waals surface area contributed by atoms with Gasteiger partial charge in [0, 0.05) is 11.9 Å². The fraction of sp³-hybridized carbons (Fsp3) is 0.231. The van der Waals surface area contributed by atoms with Crippen LogP contribution in [-0.2, 0) is 6.54 Å². The molecule has 1 aromatic heterocycles. The minimum atomic E-state index is -0.685. The minimum Gasteiger partial charge on any atom is -0.507 e. The summed E-state index contributed by atoms with van der Waals surface area (Å²) in [5, 5.41) is 19.2. The van der Waals surface area contributed by atoms with Crippen LogP contribution in [0.25, 0.3) is 11.0 Å². The number of aromatic hydroxyl groups is 1. The van der Waals surface area contributed by atoms with Crippen LogP contribution in [0, 0.1) is 11.3 Å². The maximum absolute atomic E-state index is 11.5. The molecular formula is C13H12N2O3. The summed E-state index contributed by atoms with van der Waals surface area (Å²) < 4.78 is 5.13. The molecule has 0 spiro atoms. The number of rotatable bonds is 2. The summed E-state index contributed by atoms with van der Waals surface area (Å²) >= 11 is 0. The van der Waals surface area contributed by atoms with Gasteiger partial charge in [-0.25, -0.2) is 4.79 Å². The standard InChI is InChI=1S/C13H12N2O3/c1-15(2)7-10-11(16)4-3-8-5-9(6-14)13(17)18-12(8)10/h3-5,16H,7H2,1-2H3. The number of nitriles is 1. The Bertz CT molecular complexity index is 696. The van der Waals surface area contributed by atoms with E-state index in [4.69, 9.17) is 9.68 Å². The Balaban J connectivity index is 2.77. The zero-order chi connectivity index (χ0) is 13.3. The third-order valence-electron chi connectivity index (χ3n) is 2.58. The first-order valence-corrected chi connectivity index (χ1v) is 5.36. The van der Waals surface area contributed by atoms with Crippen molar-refractivity contribution < 1.29 is 9.52 Å². The van der Waals surface area contributed by atoms with E-state index in [1.54, 1.807) is 12.1 Å². The number of hydrogen-bond donors (Lipinski definition) is 1. The van der Waals surface area contributed by atoms with Gasteiger partial charge in [0.1, 0.15) is 23.0 Å². The smallest absolute Gasteiger partial charge is 0.354 e. The summed E-state index contributed by atoms with van der Waals surface area (Å²) in [6.45, 7) is 0.442. The zero-order valence-corrected chi connectivity index (χ0v) is 10.1. The second-order valence-corrected chi connectivity index (χ2v) is 4.28. The molecule has 92 valence electrons. The molecule has 0 saturated carbocycles. The normalized spacial score (nSPS) is 10.8. The van der Waals surface area contributed by atoms with Crippen molar-refractivity contribution in [3.63, 3.8) is 0 Å². The van der Waals surface area contributed by atoms with Crippen molar-refractivity contribution in [3.05, 3.63) is 39.7 Å². The third kappa shape index (κ3) is 2.06. The lowest BCUT2D eigenvalue weighted by Crippen LogP contribution is -2.12. The molecule has 0 radical (unpaired) electrons. The molecule has 0 amide bonds. The largest absolute Gasteiger partial charge is 0.507 e. The Labute approximate surface area is 103 Å². The van der Waals surface area contributed by atoms with E-state index in [9.17, 15) is 9.90 Å². The van der Waals surface area contributed by atoms with Gasteiger partial charge in [-0.1, -0.05) is 0 Å². The summed E-state index contributed by atoms with van der Waals surface area (Å²) in [5.41, 5.74) is 0.145. The van der Waals surface area contributed by atoms with E-state index in [1.165, 1.54) is 12.1 Å². The molecule has 2 aromatic rings. The second kappa shape index (κ2) is 4.51. The molecule has 0 aliphatic heterocycles. The van der Waals surface area contributed by atoms with Gasteiger partial charge in [-0.3, -0.25) is 0 Å². The molecule has 0 saturated heterocycles. The van der Waals surface area contributed by atoms with Crippen LogP contribution >= 0.6 is 0 Å². The van der Waals surface area contributed by atoms with E-state index < -0.39 is 5.63 Å². The molecule has 1 N–H and O–H groups in total. The minimum absolute atomic E-state index is 0.0380. The molecule has 0 atom stereocenters. The van der Waals surface area contributed by atoms with E-state index in [1.807, 2.05) is 19.0 Å². The molecule has 5 nitrogen and oxygen atoms in total. The SMILES string of the molecule is CN(C)Cc1c(O)ccc2cc(C#N)c(=O)oc12. The molecular weight excluding hydrogens is 232 g/mol. The summed E-state index contributed by atoms with van der Waals surface area (Å²) in [4.78, 5) is 13.4. The number of fused-ring (bicyclic) bond motifs is 1. The average Bonchev–Trinajstić information content (AvgIpc) is 2.32. The fourth-order valence-electron chi connectivity index (χ4n) is 1.78. The number of hydrogen-bond acceptors (Lipinski definition) is 5. The molecule has 1 aromatic carbocycles. The summed E-state index contributed by atoms with van der Waals surface area (Å²) in [5.74, 6) is 0.0732. The van der Waals surface area contributed by atoms with Gasteiger partial charge in [-0.2, -0.15) is 5.26 Å². The maximum atomic E-state index is 11.5. The monoisotopic (exact) mass is 244 g/mol. The van der Waals surface area contributed by atoms with Gasteiger partial charge < -0.3 is 14.4 Å². The Kier molecular flexibility index (Phi) is 3.04. The first-order chi connectivity index (χ1) is 8.52. The predicted octanol–water partition coefficient (Wildman–Crippen LogP) is 1.43. The van der Waals surface area contributed by atoms with Crippen molar-refractivity contribution in [2.75, 3.05) is 14.1 Å². The van der Waals surface area contributed by atoms with Crippen LogP contribution in [-0.4, -0.2) is 24.1 Å². The summed E-state index contributed by atoms with van der Waals surface area (Å²) in [6.07, 6.45) is 0. The molecule has 5 heteroatoms. The fourth-order valence-corrected chi connectivity index (χ4v) is 1.78. The first kappa shape index (κ1) is 12.1. The van der Waals surface area contributed by atoms with Gasteiger partial charge in [-0.15, -0.1) is 0 Å². The topological polar surface area (TPSA) is 77.5 Å². The lowest BCUT2D eigenvalue weighted by atomic mass is 10.1. The van der Waals surface area contributed by atoms with Crippen LogP contribution in [0.15, 0.2) is 27.4 Å².